The van der Waals surface area contributed by atoms with Crippen LogP contribution in [0.2, 0.25) is 0 Å². The van der Waals surface area contributed by atoms with Crippen molar-refractivity contribution in [3.63, 3.8) is 0 Å². The van der Waals surface area contributed by atoms with Crippen molar-refractivity contribution in [1.29, 1.82) is 0 Å². The molecule has 0 spiro atoms. The first kappa shape index (κ1) is 17.1. The first-order chi connectivity index (χ1) is 11.5. The maximum atomic E-state index is 12.0. The Kier molecular flexibility index (Phi) is 5.62. The van der Waals surface area contributed by atoms with Crippen LogP contribution >= 0.6 is 0 Å². The Balaban J connectivity index is 2.24. The zero-order chi connectivity index (χ0) is 17.5. The Morgan fingerprint density at radius 2 is 1.75 bits per heavy atom. The van der Waals surface area contributed by atoms with Crippen LogP contribution in [0.4, 0.5) is 5.69 Å². The molecule has 1 unspecified atom stereocenters. The third-order valence-corrected chi connectivity index (χ3v) is 3.33. The molecule has 0 N–H and O–H groups in total. The fraction of sp³-hybridized carbons (Fsp3) is 0.176. The van der Waals surface area contributed by atoms with Gasteiger partial charge in [-0.25, -0.2) is 4.79 Å². The van der Waals surface area contributed by atoms with Gasteiger partial charge in [0.25, 0.3) is 5.69 Å². The highest BCUT2D eigenvalue weighted by Gasteiger charge is 2.19. The van der Waals surface area contributed by atoms with Crippen molar-refractivity contribution in [2.45, 2.75) is 6.04 Å². The fourth-order valence-electron chi connectivity index (χ4n) is 2.02. The molecule has 0 amide bonds. The average Bonchev–Trinajstić information content (AvgIpc) is 2.62. The van der Waals surface area contributed by atoms with E-state index in [4.69, 9.17) is 9.47 Å². The lowest BCUT2D eigenvalue weighted by atomic mass is 10.1. The summed E-state index contributed by atoms with van der Waals surface area (Å²) in [5.41, 5.74) is 1.29. The normalized spacial score (nSPS) is 11.9. The highest BCUT2D eigenvalue weighted by Crippen LogP contribution is 2.22. The number of non-ortho nitro benzene ring substituents is 1. The minimum Gasteiger partial charge on any atom is -0.497 e. The second-order valence-electron chi connectivity index (χ2n) is 4.83. The van der Waals surface area contributed by atoms with E-state index in [-0.39, 0.29) is 5.69 Å². The minimum absolute atomic E-state index is 0.00757. The molecule has 2 aromatic rings. The summed E-state index contributed by atoms with van der Waals surface area (Å²) in [5, 5.41) is 10.6. The van der Waals surface area contributed by atoms with E-state index in [0.29, 0.717) is 16.9 Å². The molecule has 124 valence electrons. The molecule has 0 fully saturated rings. The molecule has 0 aromatic heterocycles. The summed E-state index contributed by atoms with van der Waals surface area (Å²) in [5.74, 6) is 0.167. The van der Waals surface area contributed by atoms with Gasteiger partial charge < -0.3 is 9.47 Å². The summed E-state index contributed by atoms with van der Waals surface area (Å²) in [6.45, 7) is 0. The molecule has 0 aliphatic rings. The van der Waals surface area contributed by atoms with E-state index in [1.165, 1.54) is 25.5 Å². The predicted molar refractivity (Wildman–Crippen MR) is 88.4 cm³/mol. The number of carbonyl (C=O) groups is 1. The van der Waals surface area contributed by atoms with Gasteiger partial charge >= 0.3 is 5.97 Å². The van der Waals surface area contributed by atoms with Gasteiger partial charge in [-0.15, -0.1) is 0 Å². The van der Waals surface area contributed by atoms with Gasteiger partial charge in [0.05, 0.1) is 19.1 Å². The van der Waals surface area contributed by atoms with E-state index in [1.807, 2.05) is 0 Å². The SMILES string of the molecule is COC(=O)C(N=Cc1ccc([N+](=O)[O-])cc1)c1ccc(OC)cc1. The van der Waals surface area contributed by atoms with Crippen molar-refractivity contribution >= 4 is 17.9 Å². The monoisotopic (exact) mass is 328 g/mol. The number of rotatable bonds is 6. The van der Waals surface area contributed by atoms with Crippen LogP contribution in [0.5, 0.6) is 5.75 Å². The number of nitrogens with zero attached hydrogens (tertiary/aromatic N) is 2. The third kappa shape index (κ3) is 4.16. The summed E-state index contributed by atoms with van der Waals surface area (Å²) < 4.78 is 9.87. The summed E-state index contributed by atoms with van der Waals surface area (Å²) in [4.78, 5) is 26.4. The van der Waals surface area contributed by atoms with Crippen molar-refractivity contribution in [2.24, 2.45) is 4.99 Å². The van der Waals surface area contributed by atoms with Crippen molar-refractivity contribution in [3.8, 4) is 5.75 Å². The maximum absolute atomic E-state index is 12.0. The maximum Gasteiger partial charge on any atom is 0.335 e. The molecule has 0 heterocycles. The van der Waals surface area contributed by atoms with Crippen molar-refractivity contribution < 1.29 is 19.2 Å². The van der Waals surface area contributed by atoms with Crippen LogP contribution in [0.25, 0.3) is 0 Å². The molecule has 24 heavy (non-hydrogen) atoms. The van der Waals surface area contributed by atoms with Gasteiger partial charge in [0.2, 0.25) is 0 Å². The van der Waals surface area contributed by atoms with Crippen LogP contribution in [0, 0.1) is 10.1 Å². The van der Waals surface area contributed by atoms with Crippen LogP contribution in [0.1, 0.15) is 17.2 Å². The number of carbonyl (C=O) groups excluding carboxylic acids is 1. The molecule has 0 radical (unpaired) electrons. The minimum atomic E-state index is -0.823. The number of ether oxygens (including phenoxy) is 2. The number of aliphatic imine (C=N–C) groups is 1. The average molecular weight is 328 g/mol. The zero-order valence-electron chi connectivity index (χ0n) is 13.2. The second-order valence-corrected chi connectivity index (χ2v) is 4.83. The summed E-state index contributed by atoms with van der Waals surface area (Å²) in [6, 6.07) is 12.0. The molecule has 0 aliphatic heterocycles. The third-order valence-electron chi connectivity index (χ3n) is 3.33. The quantitative estimate of drug-likeness (QED) is 0.352. The Morgan fingerprint density at radius 3 is 2.25 bits per heavy atom. The molecule has 0 saturated carbocycles. The lowest BCUT2D eigenvalue weighted by Crippen LogP contribution is -2.12. The Labute approximate surface area is 138 Å². The molecule has 2 rings (SSSR count). The van der Waals surface area contributed by atoms with Crippen molar-refractivity contribution in [1.82, 2.24) is 0 Å². The molecule has 1 atom stereocenters. The van der Waals surface area contributed by atoms with Gasteiger partial charge in [0, 0.05) is 18.3 Å². The molecule has 0 bridgehead atoms. The van der Waals surface area contributed by atoms with E-state index in [0.717, 1.165) is 0 Å². The van der Waals surface area contributed by atoms with Gasteiger partial charge in [0.15, 0.2) is 6.04 Å². The first-order valence-corrected chi connectivity index (χ1v) is 7.04. The highest BCUT2D eigenvalue weighted by atomic mass is 16.6. The van der Waals surface area contributed by atoms with Crippen LogP contribution in [0.15, 0.2) is 53.5 Å². The number of hydrogen-bond acceptors (Lipinski definition) is 6. The number of esters is 1. The highest BCUT2D eigenvalue weighted by molar-refractivity contribution is 5.85. The van der Waals surface area contributed by atoms with Crippen LogP contribution in [-0.4, -0.2) is 31.3 Å². The smallest absolute Gasteiger partial charge is 0.335 e. The van der Waals surface area contributed by atoms with Crippen LogP contribution in [0.3, 0.4) is 0 Å². The van der Waals surface area contributed by atoms with E-state index >= 15 is 0 Å². The molecular formula is C17H16N2O5. The Morgan fingerprint density at radius 1 is 1.12 bits per heavy atom. The van der Waals surface area contributed by atoms with Crippen molar-refractivity contribution in [2.75, 3.05) is 14.2 Å². The molecule has 7 heteroatoms. The molecular weight excluding hydrogens is 312 g/mol. The molecule has 2 aromatic carbocycles. The van der Waals surface area contributed by atoms with Gasteiger partial charge in [0.1, 0.15) is 5.75 Å². The molecule has 0 aliphatic carbocycles. The summed E-state index contributed by atoms with van der Waals surface area (Å²) in [7, 11) is 2.85. The van der Waals surface area contributed by atoms with E-state index in [9.17, 15) is 14.9 Å². The largest absolute Gasteiger partial charge is 0.497 e. The van der Waals surface area contributed by atoms with Gasteiger partial charge in [-0.2, -0.15) is 0 Å². The number of benzene rings is 2. The van der Waals surface area contributed by atoms with Gasteiger partial charge in [-0.3, -0.25) is 15.1 Å². The standard InChI is InChI=1S/C17H16N2O5/c1-23-15-9-5-13(6-10-15)16(17(20)24-2)18-11-12-3-7-14(8-4-12)19(21)22/h3-11,16H,1-2H3. The van der Waals surface area contributed by atoms with Gasteiger partial charge in [-0.05, 0) is 35.4 Å². The first-order valence-electron chi connectivity index (χ1n) is 7.04. The Bertz CT molecular complexity index is 739. The zero-order valence-corrected chi connectivity index (χ0v) is 13.2. The molecule has 0 saturated heterocycles. The van der Waals surface area contributed by atoms with E-state index in [1.54, 1.807) is 43.5 Å². The topological polar surface area (TPSA) is 91.0 Å². The predicted octanol–water partition coefficient (Wildman–Crippen LogP) is 2.94. The Hall–Kier alpha value is -3.22. The van der Waals surface area contributed by atoms with Crippen molar-refractivity contribution in [3.05, 3.63) is 69.8 Å². The number of nitro groups is 1. The lowest BCUT2D eigenvalue weighted by Gasteiger charge is -2.11. The van der Waals surface area contributed by atoms with Gasteiger partial charge in [-0.1, -0.05) is 12.1 Å². The number of nitro benzene ring substituents is 1. The summed E-state index contributed by atoms with van der Waals surface area (Å²) in [6.07, 6.45) is 1.48. The number of methoxy groups -OCH3 is 2. The number of hydrogen-bond donors (Lipinski definition) is 0. The fourth-order valence-corrected chi connectivity index (χ4v) is 2.02. The lowest BCUT2D eigenvalue weighted by molar-refractivity contribution is -0.384. The summed E-state index contributed by atoms with van der Waals surface area (Å²) >= 11 is 0. The van der Waals surface area contributed by atoms with E-state index in [2.05, 4.69) is 4.99 Å². The van der Waals surface area contributed by atoms with Crippen LogP contribution in [-0.2, 0) is 9.53 Å². The second kappa shape index (κ2) is 7.87. The van der Waals surface area contributed by atoms with E-state index < -0.39 is 16.9 Å². The molecule has 7 nitrogen and oxygen atoms in total. The van der Waals surface area contributed by atoms with Crippen LogP contribution < -0.4 is 4.74 Å².